The van der Waals surface area contributed by atoms with Gasteiger partial charge in [0.15, 0.2) is 23.1 Å². The van der Waals surface area contributed by atoms with Crippen molar-refractivity contribution in [3.63, 3.8) is 0 Å². The standard InChI is InChI=1S/C19H23N3O3/c1-13-6-9-18(21-20-13)22-10-4-5-15(12-22)19(23)14-7-8-16(24-2)17(11-14)25-3/h6-9,11,15H,4-5,10,12H2,1-3H3/t15-/m1/s1. The Morgan fingerprint density at radius 3 is 2.60 bits per heavy atom. The van der Waals surface area contributed by atoms with E-state index in [4.69, 9.17) is 9.47 Å². The summed E-state index contributed by atoms with van der Waals surface area (Å²) in [6, 6.07) is 9.24. The number of Topliss-reactive ketones (excluding diaryl/α,β-unsaturated/α-hetero) is 1. The molecule has 0 spiro atoms. The molecule has 6 heteroatoms. The zero-order chi connectivity index (χ0) is 17.8. The topological polar surface area (TPSA) is 64.5 Å². The molecule has 132 valence electrons. The average molecular weight is 341 g/mol. The quantitative estimate of drug-likeness (QED) is 0.779. The smallest absolute Gasteiger partial charge is 0.167 e. The average Bonchev–Trinajstić information content (AvgIpc) is 2.67. The number of rotatable bonds is 5. The monoisotopic (exact) mass is 341 g/mol. The van der Waals surface area contributed by atoms with E-state index in [1.165, 1.54) is 0 Å². The number of nitrogens with zero attached hydrogens (tertiary/aromatic N) is 3. The molecule has 0 unspecified atom stereocenters. The molecule has 0 N–H and O–H groups in total. The number of ketones is 1. The van der Waals surface area contributed by atoms with Crippen LogP contribution < -0.4 is 14.4 Å². The van der Waals surface area contributed by atoms with E-state index in [1.54, 1.807) is 32.4 Å². The Kier molecular flexibility index (Phi) is 5.16. The van der Waals surface area contributed by atoms with E-state index in [-0.39, 0.29) is 11.7 Å². The van der Waals surface area contributed by atoms with Gasteiger partial charge in [-0.15, -0.1) is 5.10 Å². The summed E-state index contributed by atoms with van der Waals surface area (Å²) < 4.78 is 10.6. The lowest BCUT2D eigenvalue weighted by molar-refractivity contribution is 0.0906. The Labute approximate surface area is 147 Å². The maximum Gasteiger partial charge on any atom is 0.167 e. The van der Waals surface area contributed by atoms with Gasteiger partial charge in [-0.1, -0.05) is 0 Å². The predicted octanol–water partition coefficient (Wildman–Crippen LogP) is 2.90. The van der Waals surface area contributed by atoms with Gasteiger partial charge in [0, 0.05) is 24.6 Å². The van der Waals surface area contributed by atoms with Crippen LogP contribution in [0.25, 0.3) is 0 Å². The highest BCUT2D eigenvalue weighted by Gasteiger charge is 2.28. The van der Waals surface area contributed by atoms with E-state index in [9.17, 15) is 4.79 Å². The lowest BCUT2D eigenvalue weighted by Crippen LogP contribution is -2.39. The van der Waals surface area contributed by atoms with Crippen molar-refractivity contribution in [3.8, 4) is 11.5 Å². The molecule has 0 aliphatic carbocycles. The number of carbonyl (C=O) groups excluding carboxylic acids is 1. The molecule has 1 fully saturated rings. The molecule has 0 amide bonds. The molecule has 6 nitrogen and oxygen atoms in total. The van der Waals surface area contributed by atoms with Crippen molar-refractivity contribution in [1.29, 1.82) is 0 Å². The molecule has 1 aromatic carbocycles. The van der Waals surface area contributed by atoms with Crippen molar-refractivity contribution in [3.05, 3.63) is 41.6 Å². The van der Waals surface area contributed by atoms with Crippen LogP contribution in [0.5, 0.6) is 11.5 Å². The van der Waals surface area contributed by atoms with E-state index >= 15 is 0 Å². The SMILES string of the molecule is COc1ccc(C(=O)[C@@H]2CCCN(c3ccc(C)nn3)C2)cc1OC. The second-order valence-electron chi connectivity index (χ2n) is 6.25. The van der Waals surface area contributed by atoms with E-state index < -0.39 is 0 Å². The highest BCUT2D eigenvalue weighted by molar-refractivity contribution is 5.98. The fraction of sp³-hybridized carbons (Fsp3) is 0.421. The van der Waals surface area contributed by atoms with Crippen LogP contribution >= 0.6 is 0 Å². The van der Waals surface area contributed by atoms with E-state index in [0.717, 1.165) is 30.9 Å². The van der Waals surface area contributed by atoms with Gasteiger partial charge in [-0.2, -0.15) is 5.10 Å². The van der Waals surface area contributed by atoms with Gasteiger partial charge in [-0.25, -0.2) is 0 Å². The minimum absolute atomic E-state index is 0.0602. The Balaban J connectivity index is 1.76. The molecule has 0 bridgehead atoms. The zero-order valence-corrected chi connectivity index (χ0v) is 14.9. The summed E-state index contributed by atoms with van der Waals surface area (Å²) in [5.74, 6) is 2.10. The summed E-state index contributed by atoms with van der Waals surface area (Å²) in [6.07, 6.45) is 1.84. The summed E-state index contributed by atoms with van der Waals surface area (Å²) in [4.78, 5) is 15.1. The lowest BCUT2D eigenvalue weighted by Gasteiger charge is -2.32. The first kappa shape index (κ1) is 17.2. The van der Waals surface area contributed by atoms with Crippen LogP contribution in [0.1, 0.15) is 28.9 Å². The molecule has 0 radical (unpaired) electrons. The molecule has 0 saturated carbocycles. The highest BCUT2D eigenvalue weighted by atomic mass is 16.5. The van der Waals surface area contributed by atoms with Crippen molar-refractivity contribution in [1.82, 2.24) is 10.2 Å². The molecular formula is C19H23N3O3. The van der Waals surface area contributed by atoms with Crippen molar-refractivity contribution in [2.75, 3.05) is 32.2 Å². The number of benzene rings is 1. The van der Waals surface area contributed by atoms with Crippen molar-refractivity contribution >= 4 is 11.6 Å². The molecule has 1 aromatic heterocycles. The van der Waals surface area contributed by atoms with Crippen LogP contribution in [0.15, 0.2) is 30.3 Å². The van der Waals surface area contributed by atoms with Crippen molar-refractivity contribution < 1.29 is 14.3 Å². The van der Waals surface area contributed by atoms with Crippen molar-refractivity contribution in [2.24, 2.45) is 5.92 Å². The molecule has 2 heterocycles. The van der Waals surface area contributed by atoms with Crippen LogP contribution in [0, 0.1) is 12.8 Å². The zero-order valence-electron chi connectivity index (χ0n) is 14.9. The molecular weight excluding hydrogens is 318 g/mol. The van der Waals surface area contributed by atoms with Gasteiger partial charge in [0.25, 0.3) is 0 Å². The van der Waals surface area contributed by atoms with E-state index in [2.05, 4.69) is 15.1 Å². The van der Waals surface area contributed by atoms with E-state index in [1.807, 2.05) is 19.1 Å². The number of aromatic nitrogens is 2. The van der Waals surface area contributed by atoms with Gasteiger partial charge in [0.2, 0.25) is 0 Å². The minimum Gasteiger partial charge on any atom is -0.493 e. The third-order valence-corrected chi connectivity index (χ3v) is 4.57. The largest absolute Gasteiger partial charge is 0.493 e. The number of methoxy groups -OCH3 is 2. The number of piperidine rings is 1. The highest BCUT2D eigenvalue weighted by Crippen LogP contribution is 2.30. The van der Waals surface area contributed by atoms with Gasteiger partial charge in [-0.3, -0.25) is 4.79 Å². The van der Waals surface area contributed by atoms with Gasteiger partial charge in [-0.05, 0) is 50.1 Å². The van der Waals surface area contributed by atoms with Gasteiger partial charge in [0.05, 0.1) is 19.9 Å². The first-order valence-corrected chi connectivity index (χ1v) is 8.44. The first-order valence-electron chi connectivity index (χ1n) is 8.44. The number of carbonyl (C=O) groups is 1. The Hall–Kier alpha value is -2.63. The normalized spacial score (nSPS) is 17.2. The van der Waals surface area contributed by atoms with Crippen LogP contribution in [0.3, 0.4) is 0 Å². The summed E-state index contributed by atoms with van der Waals surface area (Å²) in [5, 5.41) is 8.36. The third kappa shape index (κ3) is 3.73. The number of hydrogen-bond acceptors (Lipinski definition) is 6. The van der Waals surface area contributed by atoms with Crippen LogP contribution in [0.4, 0.5) is 5.82 Å². The van der Waals surface area contributed by atoms with Crippen LogP contribution in [-0.4, -0.2) is 43.3 Å². The maximum absolute atomic E-state index is 12.9. The Bertz CT molecular complexity index is 746. The Morgan fingerprint density at radius 2 is 1.92 bits per heavy atom. The van der Waals surface area contributed by atoms with Crippen LogP contribution in [-0.2, 0) is 0 Å². The van der Waals surface area contributed by atoms with E-state index in [0.29, 0.717) is 23.6 Å². The van der Waals surface area contributed by atoms with Gasteiger partial charge < -0.3 is 14.4 Å². The molecule has 1 saturated heterocycles. The number of aryl methyl sites for hydroxylation is 1. The molecule has 3 rings (SSSR count). The number of ether oxygens (including phenoxy) is 2. The molecule has 25 heavy (non-hydrogen) atoms. The summed E-state index contributed by atoms with van der Waals surface area (Å²) in [6.45, 7) is 3.47. The number of anilines is 1. The minimum atomic E-state index is -0.0602. The maximum atomic E-state index is 12.9. The summed E-state index contributed by atoms with van der Waals surface area (Å²) >= 11 is 0. The molecule has 2 aromatic rings. The third-order valence-electron chi connectivity index (χ3n) is 4.57. The molecule has 1 atom stereocenters. The fourth-order valence-corrected chi connectivity index (χ4v) is 3.18. The second kappa shape index (κ2) is 7.51. The van der Waals surface area contributed by atoms with Crippen LogP contribution in [0.2, 0.25) is 0 Å². The summed E-state index contributed by atoms with van der Waals surface area (Å²) in [7, 11) is 3.16. The predicted molar refractivity (Wildman–Crippen MR) is 95.6 cm³/mol. The van der Waals surface area contributed by atoms with Crippen molar-refractivity contribution in [2.45, 2.75) is 19.8 Å². The summed E-state index contributed by atoms with van der Waals surface area (Å²) in [5.41, 5.74) is 1.54. The molecule has 1 aliphatic rings. The van der Waals surface area contributed by atoms with Gasteiger partial charge in [0.1, 0.15) is 0 Å². The lowest BCUT2D eigenvalue weighted by atomic mass is 9.90. The first-order chi connectivity index (χ1) is 12.1. The molecule has 1 aliphatic heterocycles. The fourth-order valence-electron chi connectivity index (χ4n) is 3.18. The second-order valence-corrected chi connectivity index (χ2v) is 6.25. The van der Waals surface area contributed by atoms with Gasteiger partial charge >= 0.3 is 0 Å². The number of hydrogen-bond donors (Lipinski definition) is 0. The Morgan fingerprint density at radius 1 is 1.12 bits per heavy atom.